The lowest BCUT2D eigenvalue weighted by molar-refractivity contribution is 0.0966. The highest BCUT2D eigenvalue weighted by molar-refractivity contribution is 5.96. The number of ketones is 1. The second kappa shape index (κ2) is 4.92. The van der Waals surface area contributed by atoms with Crippen molar-refractivity contribution in [2.24, 2.45) is 5.92 Å². The summed E-state index contributed by atoms with van der Waals surface area (Å²) in [6.45, 7) is 0. The Kier molecular flexibility index (Phi) is 3.33. The molecule has 1 aliphatic rings. The SMILES string of the molecule is O=C(CC1C=CCCC1)c1ccccc1. The molecule has 0 N–H and O–H groups in total. The maximum absolute atomic E-state index is 11.9. The molecule has 0 aliphatic heterocycles. The predicted octanol–water partition coefficient (Wildman–Crippen LogP) is 3.62. The van der Waals surface area contributed by atoms with Gasteiger partial charge in [-0.3, -0.25) is 4.79 Å². The summed E-state index contributed by atoms with van der Waals surface area (Å²) in [5.41, 5.74) is 0.844. The second-order valence-corrected chi connectivity index (χ2v) is 4.11. The van der Waals surface area contributed by atoms with E-state index in [4.69, 9.17) is 0 Å². The van der Waals surface area contributed by atoms with Crippen LogP contribution < -0.4 is 0 Å². The minimum Gasteiger partial charge on any atom is -0.294 e. The van der Waals surface area contributed by atoms with E-state index in [0.29, 0.717) is 12.3 Å². The zero-order valence-corrected chi connectivity index (χ0v) is 8.86. The normalized spacial score (nSPS) is 20.1. The molecule has 0 heterocycles. The standard InChI is InChI=1S/C14H16O/c15-14(13-9-5-2-6-10-13)11-12-7-3-1-4-8-12/h2-3,5-7,9-10,12H,1,4,8,11H2. The molecule has 0 radical (unpaired) electrons. The van der Waals surface area contributed by atoms with Crippen LogP contribution in [-0.2, 0) is 0 Å². The summed E-state index contributed by atoms with van der Waals surface area (Å²) in [6.07, 6.45) is 8.63. The maximum atomic E-state index is 11.9. The summed E-state index contributed by atoms with van der Waals surface area (Å²) in [4.78, 5) is 11.9. The molecule has 2 rings (SSSR count). The van der Waals surface area contributed by atoms with Crippen LogP contribution in [0.25, 0.3) is 0 Å². The van der Waals surface area contributed by atoms with E-state index in [1.54, 1.807) is 0 Å². The van der Waals surface area contributed by atoms with E-state index in [-0.39, 0.29) is 5.78 Å². The number of Topliss-reactive ketones (excluding diaryl/α,β-unsaturated/α-hetero) is 1. The Bertz CT molecular complexity index is 351. The third-order valence-electron chi connectivity index (χ3n) is 2.90. The van der Waals surface area contributed by atoms with Crippen LogP contribution in [0.4, 0.5) is 0 Å². The van der Waals surface area contributed by atoms with Crippen LogP contribution in [0, 0.1) is 5.92 Å². The monoisotopic (exact) mass is 200 g/mol. The molecule has 1 atom stereocenters. The highest BCUT2D eigenvalue weighted by Crippen LogP contribution is 2.21. The lowest BCUT2D eigenvalue weighted by Gasteiger charge is -2.15. The zero-order valence-electron chi connectivity index (χ0n) is 8.86. The van der Waals surface area contributed by atoms with Crippen molar-refractivity contribution in [1.29, 1.82) is 0 Å². The van der Waals surface area contributed by atoms with Crippen molar-refractivity contribution in [1.82, 2.24) is 0 Å². The molecule has 15 heavy (non-hydrogen) atoms. The van der Waals surface area contributed by atoms with Crippen LogP contribution in [0.5, 0.6) is 0 Å². The van der Waals surface area contributed by atoms with Crippen LogP contribution in [0.2, 0.25) is 0 Å². The Morgan fingerprint density at radius 2 is 2.07 bits per heavy atom. The number of hydrogen-bond donors (Lipinski definition) is 0. The molecule has 1 unspecified atom stereocenters. The summed E-state index contributed by atoms with van der Waals surface area (Å²) in [7, 11) is 0. The zero-order chi connectivity index (χ0) is 10.5. The molecule has 0 bridgehead atoms. The highest BCUT2D eigenvalue weighted by atomic mass is 16.1. The van der Waals surface area contributed by atoms with Crippen molar-refractivity contribution in [2.75, 3.05) is 0 Å². The summed E-state index contributed by atoms with van der Waals surface area (Å²) in [5, 5.41) is 0. The van der Waals surface area contributed by atoms with Gasteiger partial charge in [0.15, 0.2) is 5.78 Å². The van der Waals surface area contributed by atoms with Crippen molar-refractivity contribution in [2.45, 2.75) is 25.7 Å². The first-order valence-corrected chi connectivity index (χ1v) is 5.61. The molecule has 78 valence electrons. The van der Waals surface area contributed by atoms with E-state index in [9.17, 15) is 4.79 Å². The summed E-state index contributed by atoms with van der Waals surface area (Å²) >= 11 is 0. The number of allylic oxidation sites excluding steroid dienone is 2. The molecule has 1 aliphatic carbocycles. The molecule has 0 aromatic heterocycles. The van der Waals surface area contributed by atoms with Crippen molar-refractivity contribution in [3.8, 4) is 0 Å². The Morgan fingerprint density at radius 1 is 1.27 bits per heavy atom. The number of carbonyl (C=O) groups is 1. The molecule has 0 amide bonds. The van der Waals surface area contributed by atoms with Crippen molar-refractivity contribution in [3.63, 3.8) is 0 Å². The molecular weight excluding hydrogens is 184 g/mol. The first-order valence-electron chi connectivity index (χ1n) is 5.61. The van der Waals surface area contributed by atoms with Crippen molar-refractivity contribution in [3.05, 3.63) is 48.0 Å². The van der Waals surface area contributed by atoms with E-state index in [2.05, 4.69) is 12.2 Å². The molecular formula is C14H16O. The van der Waals surface area contributed by atoms with E-state index in [1.165, 1.54) is 12.8 Å². The Labute approximate surface area is 90.8 Å². The number of carbonyl (C=O) groups excluding carboxylic acids is 1. The van der Waals surface area contributed by atoms with Gasteiger partial charge in [0.1, 0.15) is 0 Å². The number of rotatable bonds is 3. The van der Waals surface area contributed by atoms with Gasteiger partial charge in [0.2, 0.25) is 0 Å². The molecule has 1 aromatic carbocycles. The fourth-order valence-corrected chi connectivity index (χ4v) is 2.03. The van der Waals surface area contributed by atoms with Gasteiger partial charge in [-0.15, -0.1) is 0 Å². The summed E-state index contributed by atoms with van der Waals surface area (Å²) in [6, 6.07) is 9.58. The van der Waals surface area contributed by atoms with Gasteiger partial charge in [-0.05, 0) is 25.2 Å². The molecule has 1 aromatic rings. The Balaban J connectivity index is 1.98. The topological polar surface area (TPSA) is 17.1 Å². The first kappa shape index (κ1) is 10.2. The largest absolute Gasteiger partial charge is 0.294 e. The van der Waals surface area contributed by atoms with Gasteiger partial charge in [-0.1, -0.05) is 42.5 Å². The highest BCUT2D eigenvalue weighted by Gasteiger charge is 2.14. The fourth-order valence-electron chi connectivity index (χ4n) is 2.03. The van der Waals surface area contributed by atoms with E-state index >= 15 is 0 Å². The number of benzene rings is 1. The molecule has 0 saturated carbocycles. The third kappa shape index (κ3) is 2.79. The molecule has 0 fully saturated rings. The van der Waals surface area contributed by atoms with Crippen LogP contribution in [0.3, 0.4) is 0 Å². The summed E-state index contributed by atoms with van der Waals surface area (Å²) in [5.74, 6) is 0.735. The van der Waals surface area contributed by atoms with Gasteiger partial charge in [-0.25, -0.2) is 0 Å². The van der Waals surface area contributed by atoms with E-state index in [0.717, 1.165) is 12.0 Å². The molecule has 0 spiro atoms. The molecule has 1 nitrogen and oxygen atoms in total. The molecule has 1 heteroatoms. The predicted molar refractivity (Wildman–Crippen MR) is 61.9 cm³/mol. The maximum Gasteiger partial charge on any atom is 0.163 e. The fraction of sp³-hybridized carbons (Fsp3) is 0.357. The quantitative estimate of drug-likeness (QED) is 0.538. The van der Waals surface area contributed by atoms with Crippen LogP contribution in [-0.4, -0.2) is 5.78 Å². The van der Waals surface area contributed by atoms with Gasteiger partial charge < -0.3 is 0 Å². The van der Waals surface area contributed by atoms with Crippen molar-refractivity contribution < 1.29 is 4.79 Å². The van der Waals surface area contributed by atoms with E-state index in [1.807, 2.05) is 30.3 Å². The van der Waals surface area contributed by atoms with Gasteiger partial charge in [-0.2, -0.15) is 0 Å². The van der Waals surface area contributed by atoms with Crippen LogP contribution in [0.1, 0.15) is 36.0 Å². The van der Waals surface area contributed by atoms with Crippen LogP contribution >= 0.6 is 0 Å². The second-order valence-electron chi connectivity index (χ2n) is 4.11. The minimum absolute atomic E-state index is 0.271. The Hall–Kier alpha value is -1.37. The van der Waals surface area contributed by atoms with Crippen molar-refractivity contribution >= 4 is 5.78 Å². The lowest BCUT2D eigenvalue weighted by Crippen LogP contribution is -2.08. The molecule has 0 saturated heterocycles. The lowest BCUT2D eigenvalue weighted by atomic mass is 9.90. The summed E-state index contributed by atoms with van der Waals surface area (Å²) < 4.78 is 0. The van der Waals surface area contributed by atoms with Crippen LogP contribution in [0.15, 0.2) is 42.5 Å². The average Bonchev–Trinajstić information content (AvgIpc) is 2.31. The van der Waals surface area contributed by atoms with E-state index < -0.39 is 0 Å². The van der Waals surface area contributed by atoms with Gasteiger partial charge in [0, 0.05) is 12.0 Å². The van der Waals surface area contributed by atoms with Gasteiger partial charge >= 0.3 is 0 Å². The average molecular weight is 200 g/mol. The van der Waals surface area contributed by atoms with Gasteiger partial charge in [0.05, 0.1) is 0 Å². The first-order chi connectivity index (χ1) is 7.36. The van der Waals surface area contributed by atoms with Gasteiger partial charge in [0.25, 0.3) is 0 Å². The Morgan fingerprint density at radius 3 is 2.73 bits per heavy atom. The third-order valence-corrected chi connectivity index (χ3v) is 2.90. The number of hydrogen-bond acceptors (Lipinski definition) is 1. The smallest absolute Gasteiger partial charge is 0.163 e. The minimum atomic E-state index is 0.271.